The van der Waals surface area contributed by atoms with Crippen LogP contribution in [0, 0.1) is 5.92 Å². The van der Waals surface area contributed by atoms with E-state index < -0.39 is 11.9 Å². The van der Waals surface area contributed by atoms with E-state index in [4.69, 9.17) is 4.52 Å². The number of nitrogens with zero attached hydrogens (tertiary/aromatic N) is 4. The molecule has 0 saturated carbocycles. The first-order valence-corrected chi connectivity index (χ1v) is 6.35. The fourth-order valence-corrected chi connectivity index (χ4v) is 2.40. The first-order valence-electron chi connectivity index (χ1n) is 6.35. The Morgan fingerprint density at radius 1 is 1.45 bits per heavy atom. The molecule has 1 N–H and O–H groups in total. The fourth-order valence-electron chi connectivity index (χ4n) is 2.40. The molecule has 2 heterocycles. The van der Waals surface area contributed by atoms with Crippen molar-refractivity contribution in [2.75, 3.05) is 0 Å². The molecule has 0 saturated heterocycles. The van der Waals surface area contributed by atoms with E-state index >= 15 is 0 Å². The molecule has 2 aromatic heterocycles. The minimum atomic E-state index is -0.833. The van der Waals surface area contributed by atoms with Crippen LogP contribution in [-0.2, 0) is 11.8 Å². The SMILES string of the molecule is Cn1cc(-c2noc([C@@H]3CC=CC[C@@H]3C(=O)O)n2)cn1. The normalized spacial score (nSPS) is 22.1. The zero-order valence-electron chi connectivity index (χ0n) is 10.9. The molecule has 2 aromatic rings. The third kappa shape index (κ3) is 2.22. The van der Waals surface area contributed by atoms with Crippen LogP contribution in [-0.4, -0.2) is 31.0 Å². The minimum Gasteiger partial charge on any atom is -0.481 e. The van der Waals surface area contributed by atoms with Crippen LogP contribution in [0.5, 0.6) is 0 Å². The molecule has 0 fully saturated rings. The molecule has 1 aliphatic carbocycles. The summed E-state index contributed by atoms with van der Waals surface area (Å²) >= 11 is 0. The molecule has 0 spiro atoms. The second kappa shape index (κ2) is 4.92. The number of hydrogen-bond acceptors (Lipinski definition) is 5. The molecule has 20 heavy (non-hydrogen) atoms. The van der Waals surface area contributed by atoms with E-state index in [2.05, 4.69) is 15.2 Å². The topological polar surface area (TPSA) is 94.0 Å². The molecule has 0 radical (unpaired) electrons. The lowest BCUT2D eigenvalue weighted by atomic mass is 9.83. The second-order valence-corrected chi connectivity index (χ2v) is 4.85. The molecular formula is C13H14N4O3. The van der Waals surface area contributed by atoms with Gasteiger partial charge in [0.2, 0.25) is 11.7 Å². The molecule has 0 aliphatic heterocycles. The average Bonchev–Trinajstić information content (AvgIpc) is 3.07. The monoisotopic (exact) mass is 274 g/mol. The summed E-state index contributed by atoms with van der Waals surface area (Å²) in [5.74, 6) is -0.800. The Labute approximate surface area is 114 Å². The van der Waals surface area contributed by atoms with Crippen molar-refractivity contribution in [3.8, 4) is 11.4 Å². The van der Waals surface area contributed by atoms with Crippen LogP contribution in [0.2, 0.25) is 0 Å². The maximum absolute atomic E-state index is 11.3. The van der Waals surface area contributed by atoms with Crippen LogP contribution in [0.4, 0.5) is 0 Å². The number of allylic oxidation sites excluding steroid dienone is 2. The van der Waals surface area contributed by atoms with Gasteiger partial charge in [0.1, 0.15) is 0 Å². The van der Waals surface area contributed by atoms with Crippen molar-refractivity contribution in [2.45, 2.75) is 18.8 Å². The van der Waals surface area contributed by atoms with Gasteiger partial charge in [0.25, 0.3) is 0 Å². The number of rotatable bonds is 3. The minimum absolute atomic E-state index is 0.268. The van der Waals surface area contributed by atoms with Crippen LogP contribution in [0.25, 0.3) is 11.4 Å². The summed E-state index contributed by atoms with van der Waals surface area (Å²) in [6, 6.07) is 0. The summed E-state index contributed by atoms with van der Waals surface area (Å²) in [7, 11) is 1.80. The maximum atomic E-state index is 11.3. The highest BCUT2D eigenvalue weighted by molar-refractivity contribution is 5.71. The molecule has 7 nitrogen and oxygen atoms in total. The first-order chi connectivity index (χ1) is 9.65. The van der Waals surface area contributed by atoms with Crippen LogP contribution >= 0.6 is 0 Å². The highest BCUT2D eigenvalue weighted by atomic mass is 16.5. The lowest BCUT2D eigenvalue weighted by Crippen LogP contribution is -2.23. The van der Waals surface area contributed by atoms with Crippen LogP contribution < -0.4 is 0 Å². The fraction of sp³-hybridized carbons (Fsp3) is 0.385. The van der Waals surface area contributed by atoms with Gasteiger partial charge >= 0.3 is 5.97 Å². The Morgan fingerprint density at radius 3 is 2.95 bits per heavy atom. The third-order valence-corrected chi connectivity index (χ3v) is 3.47. The van der Waals surface area contributed by atoms with Gasteiger partial charge in [-0.3, -0.25) is 9.48 Å². The molecule has 2 atom stereocenters. The highest BCUT2D eigenvalue weighted by Crippen LogP contribution is 2.34. The first kappa shape index (κ1) is 12.6. The zero-order valence-corrected chi connectivity index (χ0v) is 10.9. The van der Waals surface area contributed by atoms with E-state index in [1.54, 1.807) is 24.1 Å². The summed E-state index contributed by atoms with van der Waals surface area (Å²) in [6.07, 6.45) is 8.36. The Balaban J connectivity index is 1.89. The van der Waals surface area contributed by atoms with E-state index in [0.717, 1.165) is 5.56 Å². The van der Waals surface area contributed by atoms with Gasteiger partial charge < -0.3 is 9.63 Å². The van der Waals surface area contributed by atoms with Gasteiger partial charge in [0.15, 0.2) is 0 Å². The summed E-state index contributed by atoms with van der Waals surface area (Å²) in [5, 5.41) is 17.2. The largest absolute Gasteiger partial charge is 0.481 e. The van der Waals surface area contributed by atoms with Gasteiger partial charge in [-0.15, -0.1) is 0 Å². The van der Waals surface area contributed by atoms with Gasteiger partial charge in [-0.1, -0.05) is 17.3 Å². The molecule has 0 bridgehead atoms. The van der Waals surface area contributed by atoms with E-state index in [-0.39, 0.29) is 5.92 Å². The molecule has 0 unspecified atom stereocenters. The van der Waals surface area contributed by atoms with E-state index in [0.29, 0.717) is 24.6 Å². The Hall–Kier alpha value is -2.44. The molecule has 0 amide bonds. The molecule has 104 valence electrons. The standard InChI is InChI=1S/C13H14N4O3/c1-17-7-8(6-14-17)11-15-12(20-16-11)9-4-2-3-5-10(9)13(18)19/h2-3,6-7,9-10H,4-5H2,1H3,(H,18,19)/t9-,10+/m1/s1. The zero-order chi connectivity index (χ0) is 14.1. The number of aliphatic carboxylic acids is 1. The van der Waals surface area contributed by atoms with Crippen molar-refractivity contribution in [1.29, 1.82) is 0 Å². The quantitative estimate of drug-likeness (QED) is 0.854. The number of aryl methyl sites for hydroxylation is 1. The molecule has 7 heteroatoms. The summed E-state index contributed by atoms with van der Waals surface area (Å²) < 4.78 is 6.90. The van der Waals surface area contributed by atoms with Crippen molar-refractivity contribution in [3.05, 3.63) is 30.4 Å². The van der Waals surface area contributed by atoms with Crippen LogP contribution in [0.1, 0.15) is 24.7 Å². The van der Waals surface area contributed by atoms with Crippen molar-refractivity contribution in [2.24, 2.45) is 13.0 Å². The Bertz CT molecular complexity index is 658. The summed E-state index contributed by atoms with van der Waals surface area (Å²) in [5.41, 5.74) is 0.751. The van der Waals surface area contributed by atoms with Crippen molar-refractivity contribution in [1.82, 2.24) is 19.9 Å². The molecular weight excluding hydrogens is 260 g/mol. The van der Waals surface area contributed by atoms with Gasteiger partial charge in [-0.25, -0.2) is 0 Å². The summed E-state index contributed by atoms with van der Waals surface area (Å²) in [6.45, 7) is 0. The number of carbonyl (C=O) groups is 1. The van der Waals surface area contributed by atoms with E-state index in [9.17, 15) is 9.90 Å². The molecule has 0 aromatic carbocycles. The summed E-state index contributed by atoms with van der Waals surface area (Å²) in [4.78, 5) is 15.6. The van der Waals surface area contributed by atoms with Crippen molar-refractivity contribution in [3.63, 3.8) is 0 Å². The highest BCUT2D eigenvalue weighted by Gasteiger charge is 2.34. The number of carboxylic acids is 1. The Morgan fingerprint density at radius 2 is 2.25 bits per heavy atom. The second-order valence-electron chi connectivity index (χ2n) is 4.85. The van der Waals surface area contributed by atoms with E-state index in [1.165, 1.54) is 0 Å². The Kier molecular flexibility index (Phi) is 3.09. The maximum Gasteiger partial charge on any atom is 0.307 e. The third-order valence-electron chi connectivity index (χ3n) is 3.47. The van der Waals surface area contributed by atoms with Gasteiger partial charge in [-0.2, -0.15) is 10.1 Å². The van der Waals surface area contributed by atoms with Crippen LogP contribution in [0.3, 0.4) is 0 Å². The number of carboxylic acid groups (broad SMARTS) is 1. The predicted octanol–water partition coefficient (Wildman–Crippen LogP) is 1.60. The van der Waals surface area contributed by atoms with Crippen LogP contribution in [0.15, 0.2) is 29.1 Å². The van der Waals surface area contributed by atoms with E-state index in [1.807, 2.05) is 12.2 Å². The average molecular weight is 274 g/mol. The number of aromatic nitrogens is 4. The molecule has 3 rings (SSSR count). The van der Waals surface area contributed by atoms with Gasteiger partial charge in [-0.05, 0) is 12.8 Å². The van der Waals surface area contributed by atoms with Gasteiger partial charge in [0.05, 0.1) is 23.6 Å². The number of hydrogen-bond donors (Lipinski definition) is 1. The molecule has 1 aliphatic rings. The smallest absolute Gasteiger partial charge is 0.307 e. The predicted molar refractivity (Wildman–Crippen MR) is 68.7 cm³/mol. The lowest BCUT2D eigenvalue weighted by molar-refractivity contribution is -0.142. The van der Waals surface area contributed by atoms with Gasteiger partial charge in [0, 0.05) is 13.2 Å². The van der Waals surface area contributed by atoms with Crippen molar-refractivity contribution >= 4 is 5.97 Å². The van der Waals surface area contributed by atoms with Crippen molar-refractivity contribution < 1.29 is 14.4 Å². The lowest BCUT2D eigenvalue weighted by Gasteiger charge is -2.21.